The molecule has 0 amide bonds. The monoisotopic (exact) mass is 394 g/mol. The predicted octanol–water partition coefficient (Wildman–Crippen LogP) is 7.05. The van der Waals surface area contributed by atoms with Crippen LogP contribution in [0.2, 0.25) is 0 Å². The van der Waals surface area contributed by atoms with Gasteiger partial charge in [0.2, 0.25) is 5.70 Å². The summed E-state index contributed by atoms with van der Waals surface area (Å²) in [6.07, 6.45) is 14.8. The largest absolute Gasteiger partial charge is 0.273 e. The number of nitrogens with zero attached hydrogens (tertiary/aromatic N) is 1. The van der Waals surface area contributed by atoms with E-state index in [-0.39, 0.29) is 19.4 Å². The van der Waals surface area contributed by atoms with Gasteiger partial charge in [-0.05, 0) is 62.0 Å². The molecule has 0 saturated heterocycles. The van der Waals surface area contributed by atoms with E-state index in [4.69, 9.17) is 0 Å². The lowest BCUT2D eigenvalue weighted by atomic mass is 9.59. The summed E-state index contributed by atoms with van der Waals surface area (Å²) in [5.74, 6) is 0. The van der Waals surface area contributed by atoms with Crippen molar-refractivity contribution in [1.82, 2.24) is 0 Å². The maximum atomic E-state index is 12.2. The Bertz CT molecular complexity index is 879. The van der Waals surface area contributed by atoms with Crippen LogP contribution in [-0.2, 0) is 16.4 Å². The van der Waals surface area contributed by atoms with Gasteiger partial charge in [-0.3, -0.25) is 4.57 Å². The maximum Gasteiger partial charge on any atom is 0.273 e. The Balaban J connectivity index is 2.40. The van der Waals surface area contributed by atoms with Crippen molar-refractivity contribution >= 4 is 19.6 Å². The smallest absolute Gasteiger partial charge is 0.263 e. The summed E-state index contributed by atoms with van der Waals surface area (Å²) in [4.78, 5) is 0. The second-order valence-electron chi connectivity index (χ2n) is 8.16. The van der Waals surface area contributed by atoms with Gasteiger partial charge in [0.05, 0.1) is 11.0 Å². The first-order valence-electron chi connectivity index (χ1n) is 10.7. The number of rotatable bonds is 7. The SMILES string of the molecule is C=CC1(CC)[N+]2=C(P=O)C=CCC=C2c2cc(CCCC)ccc2C1(C)CC. The number of unbranched alkanes of at least 4 members (excludes halogenated alkanes) is 1. The van der Waals surface area contributed by atoms with Gasteiger partial charge in [0, 0.05) is 12.5 Å². The number of aryl methyl sites for hydroxylation is 1. The van der Waals surface area contributed by atoms with Crippen LogP contribution in [0.3, 0.4) is 0 Å². The van der Waals surface area contributed by atoms with E-state index in [1.165, 1.54) is 35.2 Å². The third kappa shape index (κ3) is 2.98. The molecule has 2 nitrogen and oxygen atoms in total. The van der Waals surface area contributed by atoms with E-state index in [0.717, 1.165) is 31.1 Å². The van der Waals surface area contributed by atoms with Gasteiger partial charge in [-0.1, -0.05) is 52.0 Å². The average Bonchev–Trinajstić information content (AvgIpc) is 2.96. The standard InChI is InChI=1S/C25H33NOP/c1-6-10-13-19-16-17-21-20(18-19)22-14-11-12-15-23(28-27)26(22)25(8-3,9-4)24(21,5)7-2/h8,12,14-18H,3,6-7,9-11,13H2,1-2,4-5H3/q+1. The van der Waals surface area contributed by atoms with Gasteiger partial charge < -0.3 is 0 Å². The third-order valence-electron chi connectivity index (χ3n) is 6.99. The van der Waals surface area contributed by atoms with Crippen LogP contribution < -0.4 is 0 Å². The minimum Gasteiger partial charge on any atom is -0.263 e. The minimum atomic E-state index is -0.313. The second-order valence-corrected chi connectivity index (χ2v) is 8.80. The van der Waals surface area contributed by atoms with Crippen LogP contribution in [0, 0.1) is 0 Å². The summed E-state index contributed by atoms with van der Waals surface area (Å²) in [6, 6.07) is 7.04. The fraction of sp³-hybridized carbons (Fsp3) is 0.480. The molecule has 0 N–H and O–H groups in total. The van der Waals surface area contributed by atoms with E-state index in [9.17, 15) is 4.57 Å². The van der Waals surface area contributed by atoms with Gasteiger partial charge in [0.25, 0.3) is 13.9 Å². The second kappa shape index (κ2) is 8.29. The molecular formula is C25H33NOP+. The molecule has 0 spiro atoms. The van der Waals surface area contributed by atoms with E-state index in [2.05, 4.69) is 75.3 Å². The van der Waals surface area contributed by atoms with E-state index < -0.39 is 0 Å². The molecule has 2 aliphatic rings. The average molecular weight is 395 g/mol. The van der Waals surface area contributed by atoms with Crippen molar-refractivity contribution in [2.45, 2.75) is 77.2 Å². The summed E-state index contributed by atoms with van der Waals surface area (Å²) in [6.45, 7) is 13.4. The fourth-order valence-electron chi connectivity index (χ4n) is 5.17. The van der Waals surface area contributed by atoms with Crippen molar-refractivity contribution in [2.24, 2.45) is 0 Å². The predicted molar refractivity (Wildman–Crippen MR) is 121 cm³/mol. The van der Waals surface area contributed by atoms with E-state index >= 15 is 0 Å². The lowest BCUT2D eigenvalue weighted by molar-refractivity contribution is -0.529. The molecule has 3 rings (SSSR count). The van der Waals surface area contributed by atoms with Gasteiger partial charge >= 0.3 is 0 Å². The Morgan fingerprint density at radius 1 is 1.25 bits per heavy atom. The summed E-state index contributed by atoms with van der Waals surface area (Å²) >= 11 is 0. The van der Waals surface area contributed by atoms with Crippen LogP contribution in [0.15, 0.2) is 49.1 Å². The molecule has 0 fully saturated rings. The first-order chi connectivity index (χ1) is 13.5. The summed E-state index contributed by atoms with van der Waals surface area (Å²) in [5.41, 5.74) is 5.66. The Kier molecular flexibility index (Phi) is 6.20. The van der Waals surface area contributed by atoms with Crippen LogP contribution in [0.5, 0.6) is 0 Å². The topological polar surface area (TPSA) is 20.1 Å². The Morgan fingerprint density at radius 3 is 2.64 bits per heavy atom. The van der Waals surface area contributed by atoms with Crippen molar-refractivity contribution < 1.29 is 9.14 Å². The highest BCUT2D eigenvalue weighted by molar-refractivity contribution is 7.47. The molecule has 0 bridgehead atoms. The van der Waals surface area contributed by atoms with Crippen LogP contribution in [-0.4, -0.2) is 15.6 Å². The van der Waals surface area contributed by atoms with Gasteiger partial charge in [-0.2, -0.15) is 4.58 Å². The molecule has 0 aliphatic carbocycles. The molecule has 28 heavy (non-hydrogen) atoms. The van der Waals surface area contributed by atoms with E-state index in [0.29, 0.717) is 0 Å². The number of fused-ring (bicyclic) bond motifs is 3. The van der Waals surface area contributed by atoms with Gasteiger partial charge in [-0.15, -0.1) is 0 Å². The Labute approximate surface area is 172 Å². The molecule has 0 radical (unpaired) electrons. The molecule has 2 unspecified atom stereocenters. The highest BCUT2D eigenvalue weighted by Crippen LogP contribution is 2.53. The lowest BCUT2D eigenvalue weighted by Gasteiger charge is -2.48. The van der Waals surface area contributed by atoms with Crippen molar-refractivity contribution in [1.29, 1.82) is 0 Å². The number of hydrogen-bond donors (Lipinski definition) is 0. The van der Waals surface area contributed by atoms with Gasteiger partial charge in [0.1, 0.15) is 0 Å². The molecule has 3 heteroatoms. The first-order valence-corrected chi connectivity index (χ1v) is 11.5. The Morgan fingerprint density at radius 2 is 2.04 bits per heavy atom. The zero-order valence-electron chi connectivity index (χ0n) is 17.8. The zero-order valence-corrected chi connectivity index (χ0v) is 18.7. The van der Waals surface area contributed by atoms with Crippen LogP contribution in [0.4, 0.5) is 0 Å². The number of benzene rings is 1. The number of hydrogen-bond acceptors (Lipinski definition) is 1. The third-order valence-corrected chi connectivity index (χ3v) is 7.53. The van der Waals surface area contributed by atoms with Crippen LogP contribution >= 0.6 is 8.46 Å². The number of allylic oxidation sites excluding steroid dienone is 3. The van der Waals surface area contributed by atoms with E-state index in [1.54, 1.807) is 0 Å². The fourth-order valence-corrected chi connectivity index (χ4v) is 5.70. The highest BCUT2D eigenvalue weighted by Gasteiger charge is 2.60. The van der Waals surface area contributed by atoms with Crippen LogP contribution in [0.25, 0.3) is 5.70 Å². The van der Waals surface area contributed by atoms with Gasteiger partial charge in [-0.25, -0.2) is 0 Å². The lowest BCUT2D eigenvalue weighted by Crippen LogP contribution is -2.59. The van der Waals surface area contributed by atoms with E-state index in [1.807, 2.05) is 6.08 Å². The molecule has 0 aromatic heterocycles. The quantitative estimate of drug-likeness (QED) is 0.276. The van der Waals surface area contributed by atoms with Crippen molar-refractivity contribution in [3.05, 3.63) is 65.8 Å². The summed E-state index contributed by atoms with van der Waals surface area (Å²) in [5, 5.41) is 0. The molecular weight excluding hydrogens is 361 g/mol. The molecule has 1 aromatic rings. The first kappa shape index (κ1) is 20.9. The summed E-state index contributed by atoms with van der Waals surface area (Å²) < 4.78 is 14.5. The summed E-state index contributed by atoms with van der Waals surface area (Å²) in [7, 11) is 0.0568. The van der Waals surface area contributed by atoms with Gasteiger partial charge in [0.15, 0.2) is 5.54 Å². The normalized spacial score (nSPS) is 26.5. The molecule has 0 saturated carbocycles. The molecule has 1 aromatic carbocycles. The van der Waals surface area contributed by atoms with Crippen molar-refractivity contribution in [3.63, 3.8) is 0 Å². The van der Waals surface area contributed by atoms with Crippen molar-refractivity contribution in [2.75, 3.05) is 0 Å². The zero-order chi connectivity index (χ0) is 20.4. The maximum absolute atomic E-state index is 12.2. The highest BCUT2D eigenvalue weighted by atomic mass is 31.1. The molecule has 2 heterocycles. The van der Waals surface area contributed by atoms with Crippen molar-refractivity contribution in [3.8, 4) is 0 Å². The molecule has 2 atom stereocenters. The minimum absolute atomic E-state index is 0.0568. The van der Waals surface area contributed by atoms with Crippen LogP contribution in [0.1, 0.15) is 76.5 Å². The molecule has 2 aliphatic heterocycles. The Hall–Kier alpha value is -1.79. The molecule has 148 valence electrons.